The Labute approximate surface area is 134 Å². The molecule has 1 aromatic carbocycles. The van der Waals surface area contributed by atoms with Crippen LogP contribution in [0.3, 0.4) is 0 Å². The highest BCUT2D eigenvalue weighted by atomic mass is 16.5. The highest BCUT2D eigenvalue weighted by Gasteiger charge is 2.16. The van der Waals surface area contributed by atoms with Crippen molar-refractivity contribution < 1.29 is 9.53 Å². The first kappa shape index (κ1) is 15.5. The molecule has 0 spiro atoms. The predicted molar refractivity (Wildman–Crippen MR) is 87.7 cm³/mol. The number of esters is 1. The van der Waals surface area contributed by atoms with E-state index in [-0.39, 0.29) is 12.1 Å². The van der Waals surface area contributed by atoms with Gasteiger partial charge < -0.3 is 14.5 Å². The van der Waals surface area contributed by atoms with Crippen molar-refractivity contribution in [3.63, 3.8) is 0 Å². The van der Waals surface area contributed by atoms with Gasteiger partial charge in [0.25, 0.3) is 5.56 Å². The molecule has 0 bridgehead atoms. The second kappa shape index (κ2) is 6.37. The zero-order valence-electron chi connectivity index (χ0n) is 13.4. The Morgan fingerprint density at radius 2 is 2.00 bits per heavy atom. The largest absolute Gasteiger partial charge is 0.468 e. The van der Waals surface area contributed by atoms with Crippen LogP contribution in [-0.4, -0.2) is 60.8 Å². The molecule has 7 heteroatoms. The Morgan fingerprint density at radius 3 is 2.70 bits per heavy atom. The molecule has 7 nitrogen and oxygen atoms in total. The number of aromatic nitrogens is 2. The number of anilines is 1. The Bertz CT molecular complexity index is 778. The molecule has 122 valence electrons. The number of nitrogens with zero attached hydrogens (tertiary/aromatic N) is 4. The fourth-order valence-electron chi connectivity index (χ4n) is 2.72. The highest BCUT2D eigenvalue weighted by Crippen LogP contribution is 2.20. The van der Waals surface area contributed by atoms with E-state index in [4.69, 9.17) is 0 Å². The number of hydrogen-bond donors (Lipinski definition) is 0. The number of likely N-dealkylation sites (N-methyl/N-ethyl adjacent to an activating group) is 1. The molecule has 0 saturated carbocycles. The van der Waals surface area contributed by atoms with Crippen molar-refractivity contribution in [2.75, 3.05) is 45.2 Å². The molecule has 1 aliphatic rings. The SMILES string of the molecule is COC(=O)Cn1cnc2ccc(N3CCN(C)CC3)cc2c1=O. The molecule has 1 fully saturated rings. The average Bonchev–Trinajstić information content (AvgIpc) is 2.58. The van der Waals surface area contributed by atoms with Gasteiger partial charge in [-0.2, -0.15) is 0 Å². The third kappa shape index (κ3) is 3.19. The molecule has 2 heterocycles. The van der Waals surface area contributed by atoms with Gasteiger partial charge in [0.2, 0.25) is 0 Å². The third-order valence-electron chi connectivity index (χ3n) is 4.20. The molecule has 1 aliphatic heterocycles. The Kier molecular flexibility index (Phi) is 4.29. The lowest BCUT2D eigenvalue weighted by Crippen LogP contribution is -2.44. The van der Waals surface area contributed by atoms with Gasteiger partial charge in [-0.3, -0.25) is 14.2 Å². The van der Waals surface area contributed by atoms with Crippen LogP contribution in [-0.2, 0) is 16.1 Å². The molecular weight excluding hydrogens is 296 g/mol. The van der Waals surface area contributed by atoms with Gasteiger partial charge in [-0.25, -0.2) is 4.98 Å². The molecular formula is C16H20N4O3. The van der Waals surface area contributed by atoms with E-state index in [0.29, 0.717) is 10.9 Å². The van der Waals surface area contributed by atoms with E-state index in [9.17, 15) is 9.59 Å². The number of piperazine rings is 1. The number of ether oxygens (including phenoxy) is 1. The van der Waals surface area contributed by atoms with Crippen LogP contribution in [0.4, 0.5) is 5.69 Å². The predicted octanol–water partition coefficient (Wildman–Crippen LogP) is 0.321. The van der Waals surface area contributed by atoms with Gasteiger partial charge in [-0.1, -0.05) is 0 Å². The maximum atomic E-state index is 12.6. The van der Waals surface area contributed by atoms with Crippen LogP contribution in [0, 0.1) is 0 Å². The fourth-order valence-corrected chi connectivity index (χ4v) is 2.72. The Morgan fingerprint density at radius 1 is 1.26 bits per heavy atom. The van der Waals surface area contributed by atoms with Gasteiger partial charge in [0.05, 0.1) is 24.3 Å². The summed E-state index contributed by atoms with van der Waals surface area (Å²) in [6, 6.07) is 5.71. The van der Waals surface area contributed by atoms with E-state index in [1.54, 1.807) is 0 Å². The molecule has 1 aromatic heterocycles. The Hall–Kier alpha value is -2.41. The molecule has 1 saturated heterocycles. The quantitative estimate of drug-likeness (QED) is 0.760. The monoisotopic (exact) mass is 316 g/mol. The number of hydrogen-bond acceptors (Lipinski definition) is 6. The number of methoxy groups -OCH3 is 1. The molecule has 0 unspecified atom stereocenters. The molecule has 0 radical (unpaired) electrons. The van der Waals surface area contributed by atoms with E-state index >= 15 is 0 Å². The molecule has 0 N–H and O–H groups in total. The van der Waals surface area contributed by atoms with Crippen molar-refractivity contribution >= 4 is 22.6 Å². The minimum Gasteiger partial charge on any atom is -0.468 e. The van der Waals surface area contributed by atoms with Crippen molar-refractivity contribution in [3.8, 4) is 0 Å². The topological polar surface area (TPSA) is 67.7 Å². The maximum Gasteiger partial charge on any atom is 0.325 e. The van der Waals surface area contributed by atoms with Crippen molar-refractivity contribution in [1.29, 1.82) is 0 Å². The van der Waals surface area contributed by atoms with Crippen LogP contribution in [0.1, 0.15) is 0 Å². The zero-order chi connectivity index (χ0) is 16.4. The molecule has 0 aliphatic carbocycles. The number of carbonyl (C=O) groups excluding carboxylic acids is 1. The molecule has 0 amide bonds. The number of benzene rings is 1. The third-order valence-corrected chi connectivity index (χ3v) is 4.20. The fraction of sp³-hybridized carbons (Fsp3) is 0.438. The van der Waals surface area contributed by atoms with E-state index in [0.717, 1.165) is 31.9 Å². The first-order valence-corrected chi connectivity index (χ1v) is 7.58. The second-order valence-electron chi connectivity index (χ2n) is 5.75. The normalized spacial score (nSPS) is 15.8. The molecule has 0 atom stereocenters. The summed E-state index contributed by atoms with van der Waals surface area (Å²) in [6.45, 7) is 3.73. The van der Waals surface area contributed by atoms with E-state index in [1.165, 1.54) is 18.0 Å². The van der Waals surface area contributed by atoms with E-state index in [1.807, 2.05) is 18.2 Å². The summed E-state index contributed by atoms with van der Waals surface area (Å²) in [7, 11) is 3.40. The van der Waals surface area contributed by atoms with Crippen LogP contribution >= 0.6 is 0 Å². The summed E-state index contributed by atoms with van der Waals surface area (Å²) in [5, 5.41) is 0.521. The van der Waals surface area contributed by atoms with Crippen molar-refractivity contribution in [2.45, 2.75) is 6.54 Å². The van der Waals surface area contributed by atoms with E-state index < -0.39 is 5.97 Å². The Balaban J connectivity index is 1.96. The van der Waals surface area contributed by atoms with Crippen LogP contribution in [0.25, 0.3) is 10.9 Å². The zero-order valence-corrected chi connectivity index (χ0v) is 13.4. The van der Waals surface area contributed by atoms with Gasteiger partial charge in [0.1, 0.15) is 6.54 Å². The average molecular weight is 316 g/mol. The summed E-state index contributed by atoms with van der Waals surface area (Å²) in [5.74, 6) is -0.469. The van der Waals surface area contributed by atoms with Gasteiger partial charge in [0.15, 0.2) is 0 Å². The summed E-state index contributed by atoms with van der Waals surface area (Å²) in [4.78, 5) is 32.7. The lowest BCUT2D eigenvalue weighted by atomic mass is 10.2. The van der Waals surface area contributed by atoms with E-state index in [2.05, 4.69) is 26.6 Å². The van der Waals surface area contributed by atoms with Crippen LogP contribution < -0.4 is 10.5 Å². The van der Waals surface area contributed by atoms with Gasteiger partial charge >= 0.3 is 5.97 Å². The summed E-state index contributed by atoms with van der Waals surface area (Å²) in [5.41, 5.74) is 1.42. The minimum atomic E-state index is -0.469. The lowest BCUT2D eigenvalue weighted by molar-refractivity contribution is -0.141. The molecule has 2 aromatic rings. The molecule has 3 rings (SSSR count). The standard InChI is InChI=1S/C16H20N4O3/c1-18-5-7-19(8-6-18)12-3-4-14-13(9-12)16(22)20(11-17-14)10-15(21)23-2/h3-4,9,11H,5-8,10H2,1-2H3. The first-order valence-electron chi connectivity index (χ1n) is 7.58. The second-order valence-corrected chi connectivity index (χ2v) is 5.75. The summed E-state index contributed by atoms with van der Waals surface area (Å²) in [6.07, 6.45) is 1.39. The number of fused-ring (bicyclic) bond motifs is 1. The summed E-state index contributed by atoms with van der Waals surface area (Å²) < 4.78 is 5.89. The highest BCUT2D eigenvalue weighted by molar-refractivity contribution is 5.82. The van der Waals surface area contributed by atoms with Gasteiger partial charge in [-0.15, -0.1) is 0 Å². The van der Waals surface area contributed by atoms with Gasteiger partial charge in [0, 0.05) is 31.9 Å². The lowest BCUT2D eigenvalue weighted by Gasteiger charge is -2.34. The van der Waals surface area contributed by atoms with Crippen molar-refractivity contribution in [3.05, 3.63) is 34.9 Å². The minimum absolute atomic E-state index is 0.128. The smallest absolute Gasteiger partial charge is 0.325 e. The van der Waals surface area contributed by atoms with Crippen molar-refractivity contribution in [2.24, 2.45) is 0 Å². The number of rotatable bonds is 3. The van der Waals surface area contributed by atoms with Crippen molar-refractivity contribution in [1.82, 2.24) is 14.5 Å². The van der Waals surface area contributed by atoms with Crippen LogP contribution in [0.5, 0.6) is 0 Å². The summed E-state index contributed by atoms with van der Waals surface area (Å²) >= 11 is 0. The molecule has 23 heavy (non-hydrogen) atoms. The van der Waals surface area contributed by atoms with Crippen LogP contribution in [0.2, 0.25) is 0 Å². The number of carbonyl (C=O) groups is 1. The first-order chi connectivity index (χ1) is 11.1. The maximum absolute atomic E-state index is 12.6. The van der Waals surface area contributed by atoms with Crippen LogP contribution in [0.15, 0.2) is 29.3 Å². The van der Waals surface area contributed by atoms with Gasteiger partial charge in [-0.05, 0) is 25.2 Å².